The summed E-state index contributed by atoms with van der Waals surface area (Å²) in [6.07, 6.45) is 0. The van der Waals surface area contributed by atoms with Crippen LogP contribution >= 0.6 is 11.6 Å². The van der Waals surface area contributed by atoms with Crippen LogP contribution in [0.4, 0.5) is 0 Å². The molecule has 2 rings (SSSR count). The molecule has 1 aromatic carbocycles. The van der Waals surface area contributed by atoms with Crippen molar-refractivity contribution in [3.05, 3.63) is 57.4 Å². The molecule has 0 aliphatic carbocycles. The van der Waals surface area contributed by atoms with Gasteiger partial charge >= 0.3 is 11.9 Å². The molecule has 1 atom stereocenters. The summed E-state index contributed by atoms with van der Waals surface area (Å²) in [5.41, 5.74) is 0.594. The van der Waals surface area contributed by atoms with Gasteiger partial charge in [0, 0.05) is 10.7 Å². The summed E-state index contributed by atoms with van der Waals surface area (Å²) in [6.45, 7) is 3.27. The van der Waals surface area contributed by atoms with E-state index in [0.717, 1.165) is 0 Å². The average Bonchev–Trinajstić information content (AvgIpc) is 2.54. The van der Waals surface area contributed by atoms with Crippen molar-refractivity contribution >= 4 is 23.5 Å². The SMILES string of the molecule is CCOC(=O)C1=C(C(=O)O)NC(C)=C(C#N)[C@@H]1c1ccccc1Cl. The Bertz CT molecular complexity index is 805. The Kier molecular flexibility index (Phi) is 5.27. The maximum absolute atomic E-state index is 12.4. The van der Waals surface area contributed by atoms with E-state index in [0.29, 0.717) is 16.3 Å². The number of benzene rings is 1. The first-order valence-electron chi connectivity index (χ1n) is 7.19. The van der Waals surface area contributed by atoms with E-state index in [9.17, 15) is 20.0 Å². The normalized spacial score (nSPS) is 17.2. The number of ether oxygens (including phenoxy) is 1. The molecule has 124 valence electrons. The number of esters is 1. The molecule has 6 nitrogen and oxygen atoms in total. The lowest BCUT2D eigenvalue weighted by Gasteiger charge is -2.28. The monoisotopic (exact) mass is 346 g/mol. The van der Waals surface area contributed by atoms with Crippen LogP contribution in [-0.2, 0) is 14.3 Å². The van der Waals surface area contributed by atoms with Gasteiger partial charge < -0.3 is 15.2 Å². The van der Waals surface area contributed by atoms with Gasteiger partial charge in [-0.3, -0.25) is 0 Å². The highest BCUT2D eigenvalue weighted by molar-refractivity contribution is 6.31. The fourth-order valence-electron chi connectivity index (χ4n) is 2.59. The first-order chi connectivity index (χ1) is 11.4. The van der Waals surface area contributed by atoms with Gasteiger partial charge in [0.2, 0.25) is 0 Å². The van der Waals surface area contributed by atoms with Crippen molar-refractivity contribution in [2.45, 2.75) is 19.8 Å². The van der Waals surface area contributed by atoms with Crippen LogP contribution in [0, 0.1) is 11.3 Å². The minimum absolute atomic E-state index is 0.0784. The molecule has 0 amide bonds. The maximum atomic E-state index is 12.4. The highest BCUT2D eigenvalue weighted by Crippen LogP contribution is 2.40. The van der Waals surface area contributed by atoms with E-state index in [2.05, 4.69) is 5.32 Å². The van der Waals surface area contributed by atoms with Crippen LogP contribution in [0.5, 0.6) is 0 Å². The molecular weight excluding hydrogens is 332 g/mol. The summed E-state index contributed by atoms with van der Waals surface area (Å²) < 4.78 is 5.01. The van der Waals surface area contributed by atoms with Crippen molar-refractivity contribution in [3.63, 3.8) is 0 Å². The van der Waals surface area contributed by atoms with Crippen molar-refractivity contribution in [2.24, 2.45) is 0 Å². The Labute approximate surface area is 144 Å². The third-order valence-electron chi connectivity index (χ3n) is 3.61. The number of nitriles is 1. The molecule has 0 aromatic heterocycles. The smallest absolute Gasteiger partial charge is 0.352 e. The summed E-state index contributed by atoms with van der Waals surface area (Å²) >= 11 is 6.23. The van der Waals surface area contributed by atoms with Crippen LogP contribution in [0.25, 0.3) is 0 Å². The van der Waals surface area contributed by atoms with Gasteiger partial charge in [-0.1, -0.05) is 29.8 Å². The zero-order valence-electron chi connectivity index (χ0n) is 13.1. The summed E-state index contributed by atoms with van der Waals surface area (Å²) in [5.74, 6) is -3.02. The predicted octanol–water partition coefficient (Wildman–Crippen LogP) is 2.73. The Morgan fingerprint density at radius 3 is 2.62 bits per heavy atom. The van der Waals surface area contributed by atoms with Crippen molar-refractivity contribution in [3.8, 4) is 6.07 Å². The second-order valence-electron chi connectivity index (χ2n) is 5.04. The van der Waals surface area contributed by atoms with Gasteiger partial charge in [-0.15, -0.1) is 0 Å². The number of carboxylic acids is 1. The van der Waals surface area contributed by atoms with E-state index >= 15 is 0 Å². The number of halogens is 1. The molecular formula is C17H15ClN2O4. The lowest BCUT2D eigenvalue weighted by molar-refractivity contribution is -0.140. The summed E-state index contributed by atoms with van der Waals surface area (Å²) in [4.78, 5) is 24.0. The number of hydrogen-bond acceptors (Lipinski definition) is 5. The molecule has 0 saturated carbocycles. The second kappa shape index (κ2) is 7.20. The van der Waals surface area contributed by atoms with Crippen LogP contribution in [0.2, 0.25) is 5.02 Å². The predicted molar refractivity (Wildman–Crippen MR) is 86.9 cm³/mol. The van der Waals surface area contributed by atoms with Crippen LogP contribution in [0.1, 0.15) is 25.3 Å². The van der Waals surface area contributed by atoms with Gasteiger partial charge in [0.05, 0.1) is 29.7 Å². The number of carboxylic acid groups (broad SMARTS) is 1. The summed E-state index contributed by atoms with van der Waals surface area (Å²) in [6, 6.07) is 8.73. The van der Waals surface area contributed by atoms with Crippen molar-refractivity contribution in [1.29, 1.82) is 5.26 Å². The molecule has 1 aliphatic rings. The molecule has 1 heterocycles. The zero-order chi connectivity index (χ0) is 17.9. The number of allylic oxidation sites excluding steroid dienone is 2. The molecule has 0 fully saturated rings. The molecule has 1 aromatic rings. The summed E-state index contributed by atoms with van der Waals surface area (Å²) in [7, 11) is 0. The lowest BCUT2D eigenvalue weighted by Crippen LogP contribution is -2.33. The largest absolute Gasteiger partial charge is 0.477 e. The minimum Gasteiger partial charge on any atom is -0.477 e. The van der Waals surface area contributed by atoms with E-state index in [-0.39, 0.29) is 23.5 Å². The maximum Gasteiger partial charge on any atom is 0.352 e. The lowest BCUT2D eigenvalue weighted by atomic mass is 9.80. The van der Waals surface area contributed by atoms with Crippen LogP contribution in [0.15, 0.2) is 46.8 Å². The van der Waals surface area contributed by atoms with Gasteiger partial charge in [-0.05, 0) is 25.5 Å². The van der Waals surface area contributed by atoms with E-state index in [1.807, 2.05) is 6.07 Å². The molecule has 0 spiro atoms. The van der Waals surface area contributed by atoms with Gasteiger partial charge in [0.1, 0.15) is 5.70 Å². The minimum atomic E-state index is -1.31. The fourth-order valence-corrected chi connectivity index (χ4v) is 2.84. The van der Waals surface area contributed by atoms with E-state index < -0.39 is 17.9 Å². The molecule has 0 saturated heterocycles. The Balaban J connectivity index is 2.77. The highest BCUT2D eigenvalue weighted by atomic mass is 35.5. The van der Waals surface area contributed by atoms with Gasteiger partial charge in [0.15, 0.2) is 0 Å². The molecule has 2 N–H and O–H groups in total. The van der Waals surface area contributed by atoms with Gasteiger partial charge in [-0.25, -0.2) is 9.59 Å². The van der Waals surface area contributed by atoms with Crippen LogP contribution in [0.3, 0.4) is 0 Å². The molecule has 7 heteroatoms. The third kappa shape index (κ3) is 3.12. The zero-order valence-corrected chi connectivity index (χ0v) is 13.8. The molecule has 1 aliphatic heterocycles. The number of aliphatic carboxylic acids is 1. The first-order valence-corrected chi connectivity index (χ1v) is 7.57. The number of carbonyl (C=O) groups is 2. The Morgan fingerprint density at radius 2 is 2.08 bits per heavy atom. The van der Waals surface area contributed by atoms with Crippen LogP contribution < -0.4 is 5.32 Å². The molecule has 0 radical (unpaired) electrons. The first kappa shape index (κ1) is 17.6. The molecule has 0 bridgehead atoms. The van der Waals surface area contributed by atoms with Gasteiger partial charge in [0.25, 0.3) is 0 Å². The van der Waals surface area contributed by atoms with Gasteiger partial charge in [-0.2, -0.15) is 5.26 Å². The number of nitrogens with one attached hydrogen (secondary N) is 1. The summed E-state index contributed by atoms with van der Waals surface area (Å²) in [5, 5.41) is 21.9. The number of rotatable bonds is 4. The number of nitrogens with zero attached hydrogens (tertiary/aromatic N) is 1. The van der Waals surface area contributed by atoms with Crippen LogP contribution in [-0.4, -0.2) is 23.7 Å². The topological polar surface area (TPSA) is 99.4 Å². The molecule has 0 unspecified atom stereocenters. The second-order valence-corrected chi connectivity index (χ2v) is 5.45. The standard InChI is InChI=1S/C17H15ClN2O4/c1-3-24-17(23)14-13(10-6-4-5-7-12(10)18)11(8-19)9(2)20-15(14)16(21)22/h4-7,13,20H,3H2,1-2H3,(H,21,22)/t13-/m0/s1. The highest BCUT2D eigenvalue weighted by Gasteiger charge is 2.38. The van der Waals surface area contributed by atoms with Crippen molar-refractivity contribution in [2.75, 3.05) is 6.61 Å². The van der Waals surface area contributed by atoms with E-state index in [1.165, 1.54) is 0 Å². The third-order valence-corrected chi connectivity index (χ3v) is 3.95. The van der Waals surface area contributed by atoms with Crippen molar-refractivity contribution < 1.29 is 19.4 Å². The fraction of sp³-hybridized carbons (Fsp3) is 0.235. The number of carbonyl (C=O) groups excluding carboxylic acids is 1. The van der Waals surface area contributed by atoms with E-state index in [4.69, 9.17) is 16.3 Å². The van der Waals surface area contributed by atoms with Crippen molar-refractivity contribution in [1.82, 2.24) is 5.32 Å². The number of hydrogen-bond donors (Lipinski definition) is 2. The quantitative estimate of drug-likeness (QED) is 0.813. The Hall–Kier alpha value is -2.78. The molecule has 24 heavy (non-hydrogen) atoms. The average molecular weight is 347 g/mol. The van der Waals surface area contributed by atoms with E-state index in [1.54, 1.807) is 38.1 Å². The Morgan fingerprint density at radius 1 is 1.42 bits per heavy atom. The number of dihydropyridines is 1.